The Hall–Kier alpha value is -4.13. The fourth-order valence-corrected chi connectivity index (χ4v) is 11.8. The summed E-state index contributed by atoms with van der Waals surface area (Å²) < 4.78 is 29.9. The molecule has 2 saturated heterocycles. The topological polar surface area (TPSA) is 208 Å². The molecule has 0 spiro atoms. The molecule has 16 heteroatoms. The molecule has 6 aliphatic rings. The molecule has 0 aromatic heterocycles. The molecular formula is C57H84N2O14. The van der Waals surface area contributed by atoms with Gasteiger partial charge in [-0.2, -0.15) is 0 Å². The number of benzene rings is 1. The van der Waals surface area contributed by atoms with Gasteiger partial charge in [-0.3, -0.25) is 24.0 Å². The lowest BCUT2D eigenvalue weighted by Crippen LogP contribution is -2.61. The first kappa shape index (κ1) is 58.1. The zero-order valence-electron chi connectivity index (χ0n) is 44.9. The molecule has 0 radical (unpaired) electrons. The molecule has 3 N–H and O–H groups in total. The van der Waals surface area contributed by atoms with Crippen LogP contribution >= 0.6 is 0 Å². The van der Waals surface area contributed by atoms with Gasteiger partial charge in [0.15, 0.2) is 5.78 Å². The third-order valence-corrected chi connectivity index (χ3v) is 16.5. The average molecular weight is 1020 g/mol. The highest BCUT2D eigenvalue weighted by atomic mass is 16.7. The second-order valence-corrected chi connectivity index (χ2v) is 21.9. The second kappa shape index (κ2) is 26.1. The Bertz CT molecular complexity index is 2150. The molecule has 1 aromatic rings. The molecule has 16 nitrogen and oxygen atoms in total. The monoisotopic (exact) mass is 1020 g/mol. The number of piperidine rings is 1. The lowest BCUT2D eigenvalue weighted by atomic mass is 9.78. The van der Waals surface area contributed by atoms with E-state index in [9.17, 15) is 39.3 Å². The van der Waals surface area contributed by atoms with Crippen molar-refractivity contribution in [2.45, 2.75) is 192 Å². The van der Waals surface area contributed by atoms with Crippen molar-refractivity contribution in [3.63, 3.8) is 0 Å². The van der Waals surface area contributed by atoms with E-state index < -0.39 is 90.0 Å². The molecule has 1 aliphatic carbocycles. The SMILES string of the molecule is CO[C@H]1C[C@@H]2CC[C@@H](C)[C@@](O)(O2)C(=O)C(=O)N2CCCC[C@H]2C(=O)O[C@H]([C@H](C)C[C@@H]2CC[C@@H](O)[C@H](OC)C2)CC(=O)[C@H](C)/C=C(/C)[C@@H](O)[C@@H](OC)C(=O)[C@H](C)C[C@H](C)[C@@H]2C=C[C@H](/C=C\1C)ON2c1ccccc1. The van der Waals surface area contributed by atoms with Crippen LogP contribution in [0, 0.1) is 35.5 Å². The summed E-state index contributed by atoms with van der Waals surface area (Å²) >= 11 is 0. The zero-order chi connectivity index (χ0) is 53.3. The summed E-state index contributed by atoms with van der Waals surface area (Å²) in [6.45, 7) is 12.8. The molecule has 7 rings (SSSR count). The number of rotatable bonds is 7. The van der Waals surface area contributed by atoms with Gasteiger partial charge in [0, 0.05) is 58.5 Å². The van der Waals surface area contributed by atoms with E-state index in [0.29, 0.717) is 63.4 Å². The van der Waals surface area contributed by atoms with Gasteiger partial charge in [-0.15, -0.1) is 0 Å². The van der Waals surface area contributed by atoms with Crippen molar-refractivity contribution in [1.82, 2.24) is 4.90 Å². The Balaban J connectivity index is 1.35. The van der Waals surface area contributed by atoms with Crippen molar-refractivity contribution in [2.75, 3.05) is 32.9 Å². The minimum atomic E-state index is -2.47. The largest absolute Gasteiger partial charge is 0.460 e. The number of para-hydroxylation sites is 1. The molecule has 5 aliphatic heterocycles. The molecule has 5 heterocycles. The number of carbonyl (C=O) groups is 5. The van der Waals surface area contributed by atoms with Gasteiger partial charge in [0.05, 0.1) is 36.1 Å². The van der Waals surface area contributed by atoms with Gasteiger partial charge in [0.2, 0.25) is 5.79 Å². The first-order valence-corrected chi connectivity index (χ1v) is 26.7. The number of methoxy groups -OCH3 is 3. The maximum Gasteiger partial charge on any atom is 0.329 e. The van der Waals surface area contributed by atoms with E-state index in [1.165, 1.54) is 12.0 Å². The van der Waals surface area contributed by atoms with Crippen molar-refractivity contribution in [2.24, 2.45) is 35.5 Å². The van der Waals surface area contributed by atoms with E-state index in [1.807, 2.05) is 68.3 Å². The highest BCUT2D eigenvalue weighted by Gasteiger charge is 2.53. The quantitative estimate of drug-likeness (QED) is 0.146. The van der Waals surface area contributed by atoms with Crippen LogP contribution in [0.4, 0.5) is 5.69 Å². The number of hydroxylamine groups is 1. The van der Waals surface area contributed by atoms with Gasteiger partial charge in [-0.1, -0.05) is 71.0 Å². The minimum absolute atomic E-state index is 0.0716. The zero-order valence-corrected chi connectivity index (χ0v) is 44.9. The molecular weight excluding hydrogens is 937 g/mol. The van der Waals surface area contributed by atoms with Gasteiger partial charge in [-0.05, 0) is 125 Å². The number of esters is 1. The highest BCUT2D eigenvalue weighted by Crippen LogP contribution is 2.39. The second-order valence-electron chi connectivity index (χ2n) is 21.9. The van der Waals surface area contributed by atoms with Crippen molar-refractivity contribution < 1.29 is 67.8 Å². The van der Waals surface area contributed by atoms with Crippen molar-refractivity contribution >= 4 is 34.9 Å². The summed E-state index contributed by atoms with van der Waals surface area (Å²) in [7, 11) is 4.53. The molecule has 17 atom stereocenters. The Morgan fingerprint density at radius 2 is 1.55 bits per heavy atom. The Labute approximate surface area is 432 Å². The van der Waals surface area contributed by atoms with Gasteiger partial charge in [0.1, 0.15) is 36.2 Å². The van der Waals surface area contributed by atoms with E-state index in [-0.39, 0.29) is 67.3 Å². The van der Waals surface area contributed by atoms with Crippen LogP contribution in [0.2, 0.25) is 0 Å². The summed E-state index contributed by atoms with van der Waals surface area (Å²) in [5.41, 5.74) is 2.00. The summed E-state index contributed by atoms with van der Waals surface area (Å²) in [4.78, 5) is 79.7. The summed E-state index contributed by atoms with van der Waals surface area (Å²) in [5.74, 6) is -8.42. The number of amides is 1. The standard InChI is InChI=1S/C57H84N2O14/c1-33-26-37(5)51(62)53(70-10)52(63)38(6)27-34(2)47(61)32-49(35(3)28-40-20-24-46(60)50(30-40)69-9)71-56(66)45-18-14-15-25-58(45)55(65)54(64)57(67)39(7)19-21-42(72-57)31-48(68-8)36(4)29-43-22-23-44(33)59(73-43)41-16-12-11-13-17-41/h11-13,16-17,22-23,27,29,33-35,37,39-40,42-46,48-50,52-53,60,63,67H,14-15,18-21,24-26,28,30-32H2,1-10H3/b36-29-,38-27-/t33-,34+,35+,37+,39+,40-,42-,43+,44-,45-,46+,48-,49-,50+,52+,53-,57+/m0/s1. The molecule has 1 amide bonds. The minimum Gasteiger partial charge on any atom is -0.460 e. The number of hydrogen-bond donors (Lipinski definition) is 3. The number of aliphatic hydroxyl groups is 3. The summed E-state index contributed by atoms with van der Waals surface area (Å²) in [5, 5.41) is 36.2. The fraction of sp³-hybridized carbons (Fsp3) is 0.702. The van der Waals surface area contributed by atoms with E-state index >= 15 is 0 Å². The van der Waals surface area contributed by atoms with Gasteiger partial charge in [0.25, 0.3) is 11.7 Å². The van der Waals surface area contributed by atoms with Crippen LogP contribution in [-0.2, 0) is 52.5 Å². The van der Waals surface area contributed by atoms with Crippen molar-refractivity contribution in [3.05, 3.63) is 65.8 Å². The van der Waals surface area contributed by atoms with Crippen LogP contribution in [0.1, 0.15) is 126 Å². The number of aliphatic hydroxyl groups excluding tert-OH is 2. The average Bonchev–Trinajstić information content (AvgIpc) is 3.38. The number of Topliss-reactive ketones (excluding diaryl/α,β-unsaturated/α-hetero) is 3. The number of nitrogens with zero attached hydrogens (tertiary/aromatic N) is 2. The van der Waals surface area contributed by atoms with Crippen LogP contribution in [-0.4, -0.2) is 144 Å². The van der Waals surface area contributed by atoms with Crippen molar-refractivity contribution in [3.8, 4) is 0 Å². The summed E-state index contributed by atoms with van der Waals surface area (Å²) in [6.07, 6.45) is 6.48. The van der Waals surface area contributed by atoms with Gasteiger partial charge >= 0.3 is 5.97 Å². The lowest BCUT2D eigenvalue weighted by molar-refractivity contribution is -0.265. The number of allylic oxidation sites excluding steroid dienone is 1. The molecule has 406 valence electrons. The number of ether oxygens (including phenoxy) is 5. The van der Waals surface area contributed by atoms with Crippen LogP contribution in [0.5, 0.6) is 0 Å². The van der Waals surface area contributed by atoms with Gasteiger partial charge in [-0.25, -0.2) is 9.86 Å². The number of ketones is 3. The third-order valence-electron chi connectivity index (χ3n) is 16.5. The van der Waals surface area contributed by atoms with Crippen LogP contribution in [0.3, 0.4) is 0 Å². The smallest absolute Gasteiger partial charge is 0.329 e. The summed E-state index contributed by atoms with van der Waals surface area (Å²) in [6, 6.07) is 8.24. The molecule has 4 bridgehead atoms. The molecule has 73 heavy (non-hydrogen) atoms. The Morgan fingerprint density at radius 3 is 2.23 bits per heavy atom. The number of fused-ring (bicyclic) bond motifs is 16. The van der Waals surface area contributed by atoms with E-state index in [0.717, 1.165) is 11.3 Å². The predicted molar refractivity (Wildman–Crippen MR) is 274 cm³/mol. The lowest BCUT2D eigenvalue weighted by Gasteiger charge is -2.43. The fourth-order valence-electron chi connectivity index (χ4n) is 11.8. The molecule has 1 aromatic carbocycles. The molecule has 0 unspecified atom stereocenters. The van der Waals surface area contributed by atoms with Crippen LogP contribution in [0.25, 0.3) is 0 Å². The van der Waals surface area contributed by atoms with Gasteiger partial charge < -0.3 is 43.9 Å². The van der Waals surface area contributed by atoms with Crippen LogP contribution < -0.4 is 5.06 Å². The Morgan fingerprint density at radius 1 is 0.822 bits per heavy atom. The number of carbonyl (C=O) groups excluding carboxylic acids is 5. The third kappa shape index (κ3) is 14.0. The molecule has 3 fully saturated rings. The predicted octanol–water partition coefficient (Wildman–Crippen LogP) is 6.81. The first-order valence-electron chi connectivity index (χ1n) is 26.7. The first-order chi connectivity index (χ1) is 34.7. The highest BCUT2D eigenvalue weighted by molar-refractivity contribution is 6.39. The van der Waals surface area contributed by atoms with E-state index in [1.54, 1.807) is 41.1 Å². The number of hydrogen-bond acceptors (Lipinski definition) is 15. The molecule has 1 saturated carbocycles. The Kier molecular flexibility index (Phi) is 20.8. The van der Waals surface area contributed by atoms with Crippen LogP contribution in [0.15, 0.2) is 65.8 Å². The van der Waals surface area contributed by atoms with E-state index in [2.05, 4.69) is 13.0 Å². The maximum atomic E-state index is 14.5. The normalized spacial score (nSPS) is 39.2. The van der Waals surface area contributed by atoms with E-state index in [4.69, 9.17) is 28.5 Å². The van der Waals surface area contributed by atoms with Crippen molar-refractivity contribution in [1.29, 1.82) is 0 Å². The number of anilines is 1. The maximum absolute atomic E-state index is 14.5.